The second-order valence-corrected chi connectivity index (χ2v) is 7.74. The molecule has 2 rings (SSSR count). The Hall–Kier alpha value is -2.76. The van der Waals surface area contributed by atoms with Gasteiger partial charge in [0.05, 0.1) is 16.9 Å². The minimum Gasteiger partial charge on any atom is -0.505 e. The summed E-state index contributed by atoms with van der Waals surface area (Å²) in [6.07, 6.45) is 0. The van der Waals surface area contributed by atoms with Gasteiger partial charge in [0, 0.05) is 25.7 Å². The van der Waals surface area contributed by atoms with Gasteiger partial charge in [0.15, 0.2) is 5.75 Å². The molecule has 6 nitrogen and oxygen atoms in total. The third-order valence-electron chi connectivity index (χ3n) is 4.73. The quantitative estimate of drug-likeness (QED) is 0.507. The van der Waals surface area contributed by atoms with Gasteiger partial charge in [0.1, 0.15) is 5.70 Å². The molecule has 1 aliphatic carbocycles. The van der Waals surface area contributed by atoms with Crippen LogP contribution in [0.2, 0.25) is 0 Å². The maximum Gasteiger partial charge on any atom is 0.257 e. The van der Waals surface area contributed by atoms with Crippen LogP contribution >= 0.6 is 0 Å². The van der Waals surface area contributed by atoms with Gasteiger partial charge in [0.25, 0.3) is 5.91 Å². The molecule has 0 radical (unpaired) electrons. The lowest BCUT2D eigenvalue weighted by atomic mass is 9.88. The highest BCUT2D eigenvalue weighted by Crippen LogP contribution is 2.35. The van der Waals surface area contributed by atoms with Crippen molar-refractivity contribution in [1.82, 2.24) is 10.2 Å². The van der Waals surface area contributed by atoms with E-state index in [1.807, 2.05) is 0 Å². The number of aromatic hydroxyl groups is 1. The van der Waals surface area contributed by atoms with Crippen LogP contribution in [0.3, 0.4) is 0 Å². The fourth-order valence-electron chi connectivity index (χ4n) is 3.20. The minimum atomic E-state index is -0.299. The Morgan fingerprint density at radius 3 is 2.22 bits per heavy atom. The van der Waals surface area contributed by atoms with Crippen LogP contribution in [0.25, 0.3) is 0 Å². The van der Waals surface area contributed by atoms with Crippen LogP contribution in [0.1, 0.15) is 38.1 Å². The Labute approximate surface area is 160 Å². The number of hydrogen-bond acceptors (Lipinski definition) is 5. The molecule has 0 fully saturated rings. The van der Waals surface area contributed by atoms with Gasteiger partial charge in [-0.15, -0.1) is 0 Å². The van der Waals surface area contributed by atoms with Crippen molar-refractivity contribution in [1.29, 1.82) is 0 Å². The number of phenolic OH excluding ortho intramolecular Hbond substituents is 1. The molecule has 0 spiro atoms. The van der Waals surface area contributed by atoms with E-state index in [1.165, 1.54) is 4.90 Å². The summed E-state index contributed by atoms with van der Waals surface area (Å²) in [6, 6.07) is 5.03. The number of anilines is 1. The molecule has 1 aromatic rings. The zero-order valence-electron chi connectivity index (χ0n) is 16.9. The van der Waals surface area contributed by atoms with E-state index < -0.39 is 0 Å². The Morgan fingerprint density at radius 2 is 1.70 bits per heavy atom. The second kappa shape index (κ2) is 7.86. The van der Waals surface area contributed by atoms with Crippen LogP contribution in [0, 0.1) is 11.8 Å². The predicted molar refractivity (Wildman–Crippen MR) is 108 cm³/mol. The average Bonchev–Trinajstić information content (AvgIpc) is 2.60. The summed E-state index contributed by atoms with van der Waals surface area (Å²) < 4.78 is 0. The van der Waals surface area contributed by atoms with Crippen molar-refractivity contribution in [3.05, 3.63) is 47.3 Å². The molecule has 0 aliphatic heterocycles. The SMILES string of the molecule is C=C1C(=O)C(NC(C(C)C)C(C)C)=C1Nc1cccc(C(=O)N(C)C)c1O. The summed E-state index contributed by atoms with van der Waals surface area (Å²) in [6.45, 7) is 12.2. The lowest BCUT2D eigenvalue weighted by molar-refractivity contribution is -0.113. The molecule has 0 unspecified atom stereocenters. The molecular weight excluding hydrogens is 342 g/mol. The van der Waals surface area contributed by atoms with Crippen LogP contribution < -0.4 is 10.6 Å². The lowest BCUT2D eigenvalue weighted by Crippen LogP contribution is -2.45. The van der Waals surface area contributed by atoms with Crippen molar-refractivity contribution in [2.75, 3.05) is 19.4 Å². The Kier molecular flexibility index (Phi) is 5.98. The van der Waals surface area contributed by atoms with E-state index in [4.69, 9.17) is 0 Å². The highest BCUT2D eigenvalue weighted by Gasteiger charge is 2.35. The third-order valence-corrected chi connectivity index (χ3v) is 4.73. The molecule has 1 amide bonds. The van der Waals surface area contributed by atoms with Crippen molar-refractivity contribution < 1.29 is 14.7 Å². The van der Waals surface area contributed by atoms with Gasteiger partial charge < -0.3 is 20.6 Å². The summed E-state index contributed by atoms with van der Waals surface area (Å²) in [5.41, 5.74) is 1.93. The van der Waals surface area contributed by atoms with E-state index in [9.17, 15) is 14.7 Å². The number of nitrogens with one attached hydrogen (secondary N) is 2. The molecule has 1 aliphatic rings. The number of para-hydroxylation sites is 1. The molecule has 0 heterocycles. The summed E-state index contributed by atoms with van der Waals surface area (Å²) in [7, 11) is 3.24. The first-order valence-electron chi connectivity index (χ1n) is 9.11. The maximum absolute atomic E-state index is 12.3. The molecule has 1 aromatic carbocycles. The Morgan fingerprint density at radius 1 is 1.11 bits per heavy atom. The molecule has 6 heteroatoms. The number of rotatable bonds is 7. The highest BCUT2D eigenvalue weighted by atomic mass is 16.3. The number of Topliss-reactive ketones (excluding diaryl/α,β-unsaturated/α-hetero) is 1. The highest BCUT2D eigenvalue weighted by molar-refractivity contribution is 6.20. The molecule has 0 aromatic heterocycles. The van der Waals surface area contributed by atoms with Gasteiger partial charge in [-0.05, 0) is 24.0 Å². The Balaban J connectivity index is 2.36. The number of phenols is 1. The van der Waals surface area contributed by atoms with Crippen molar-refractivity contribution >= 4 is 17.4 Å². The lowest BCUT2D eigenvalue weighted by Gasteiger charge is -2.34. The number of ketones is 1. The first-order valence-corrected chi connectivity index (χ1v) is 9.11. The van der Waals surface area contributed by atoms with Crippen LogP contribution in [-0.4, -0.2) is 41.8 Å². The van der Waals surface area contributed by atoms with Crippen LogP contribution in [-0.2, 0) is 4.79 Å². The standard InChI is InChI=1S/C21H29N3O3/c1-11(2)16(12(3)4)23-18-17(13(5)19(18)25)22-15-10-8-9-14(20(15)26)21(27)24(6)7/h8-12,16,22-23,26H,5H2,1-4,6-7H3. The normalized spacial score (nSPS) is 14.1. The number of carbonyl (C=O) groups is 2. The molecule has 0 atom stereocenters. The van der Waals surface area contributed by atoms with Crippen LogP contribution in [0.15, 0.2) is 41.7 Å². The smallest absolute Gasteiger partial charge is 0.257 e. The molecule has 146 valence electrons. The topological polar surface area (TPSA) is 81.7 Å². The number of benzene rings is 1. The first kappa shape index (κ1) is 20.6. The van der Waals surface area contributed by atoms with Crippen LogP contribution in [0.4, 0.5) is 5.69 Å². The maximum atomic E-state index is 12.3. The van der Waals surface area contributed by atoms with Crippen molar-refractivity contribution in [2.45, 2.75) is 33.7 Å². The van der Waals surface area contributed by atoms with Crippen molar-refractivity contribution in [3.8, 4) is 5.75 Å². The van der Waals surface area contributed by atoms with Crippen molar-refractivity contribution in [3.63, 3.8) is 0 Å². The van der Waals surface area contributed by atoms with Crippen molar-refractivity contribution in [2.24, 2.45) is 11.8 Å². The molecule has 27 heavy (non-hydrogen) atoms. The summed E-state index contributed by atoms with van der Waals surface area (Å²) >= 11 is 0. The molecule has 0 saturated heterocycles. The summed E-state index contributed by atoms with van der Waals surface area (Å²) in [5.74, 6) is 0.0969. The second-order valence-electron chi connectivity index (χ2n) is 7.74. The number of amides is 1. The van der Waals surface area contributed by atoms with E-state index in [0.29, 0.717) is 34.5 Å². The van der Waals surface area contributed by atoms with Crippen LogP contribution in [0.5, 0.6) is 5.75 Å². The van der Waals surface area contributed by atoms with E-state index in [2.05, 4.69) is 44.9 Å². The van der Waals surface area contributed by atoms with E-state index >= 15 is 0 Å². The van der Waals surface area contributed by atoms with Gasteiger partial charge in [-0.1, -0.05) is 40.3 Å². The third kappa shape index (κ3) is 3.99. The summed E-state index contributed by atoms with van der Waals surface area (Å²) in [4.78, 5) is 25.9. The number of allylic oxidation sites excluding steroid dienone is 2. The molecule has 0 saturated carbocycles. The predicted octanol–water partition coefficient (Wildman–Crippen LogP) is 3.13. The number of carbonyl (C=O) groups excluding carboxylic acids is 2. The minimum absolute atomic E-state index is 0.129. The first-order chi connectivity index (χ1) is 12.6. The average molecular weight is 371 g/mol. The zero-order valence-corrected chi connectivity index (χ0v) is 16.9. The molecular formula is C21H29N3O3. The fourth-order valence-corrected chi connectivity index (χ4v) is 3.20. The van der Waals surface area contributed by atoms with E-state index in [1.54, 1.807) is 32.3 Å². The van der Waals surface area contributed by atoms with Gasteiger partial charge in [-0.25, -0.2) is 0 Å². The zero-order chi connectivity index (χ0) is 20.5. The fraction of sp³-hybridized carbons (Fsp3) is 0.429. The van der Waals surface area contributed by atoms with Gasteiger partial charge in [-0.3, -0.25) is 9.59 Å². The Bertz CT molecular complexity index is 799. The monoisotopic (exact) mass is 371 g/mol. The van der Waals surface area contributed by atoms with Gasteiger partial charge >= 0.3 is 0 Å². The largest absolute Gasteiger partial charge is 0.505 e. The van der Waals surface area contributed by atoms with Gasteiger partial charge in [0.2, 0.25) is 5.78 Å². The van der Waals surface area contributed by atoms with Gasteiger partial charge in [-0.2, -0.15) is 0 Å². The number of nitrogens with zero attached hydrogens (tertiary/aromatic N) is 1. The molecule has 0 bridgehead atoms. The van der Waals surface area contributed by atoms with E-state index in [-0.39, 0.29) is 29.0 Å². The number of hydrogen-bond donors (Lipinski definition) is 3. The summed E-state index contributed by atoms with van der Waals surface area (Å²) in [5, 5.41) is 16.9. The van der Waals surface area contributed by atoms with E-state index in [0.717, 1.165) is 0 Å². The molecule has 3 N–H and O–H groups in total.